The van der Waals surface area contributed by atoms with Gasteiger partial charge in [0.1, 0.15) is 11.6 Å². The van der Waals surface area contributed by atoms with Crippen molar-refractivity contribution in [2.75, 3.05) is 14.7 Å². The van der Waals surface area contributed by atoms with Gasteiger partial charge in [0.25, 0.3) is 0 Å². The normalized spacial score (nSPS) is 17.4. The highest BCUT2D eigenvalue weighted by Gasteiger charge is 2.39. The summed E-state index contributed by atoms with van der Waals surface area (Å²) >= 11 is 0. The summed E-state index contributed by atoms with van der Waals surface area (Å²) in [5.74, 6) is -3.66. The number of rotatable bonds is 17. The van der Waals surface area contributed by atoms with Gasteiger partial charge in [-0.25, -0.2) is 23.2 Å². The van der Waals surface area contributed by atoms with Crippen LogP contribution in [-0.4, -0.2) is 80.7 Å². The Kier molecular flexibility index (Phi) is 23.6. The molecule has 3 aliphatic rings. The van der Waals surface area contributed by atoms with Gasteiger partial charge in [-0.1, -0.05) is 188 Å². The van der Waals surface area contributed by atoms with Crippen LogP contribution in [0.15, 0.2) is 243 Å². The number of halogens is 2. The maximum atomic E-state index is 15.8. The molecule has 12 aromatic rings. The van der Waals surface area contributed by atoms with E-state index >= 15 is 8.78 Å². The number of hydrogen-bond donors (Lipinski definition) is 3. The molecule has 6 atom stereocenters. The summed E-state index contributed by atoms with van der Waals surface area (Å²) in [5, 5.41) is 39.9. The van der Waals surface area contributed by atoms with E-state index in [2.05, 4.69) is 239 Å². The zero-order valence-electron chi connectivity index (χ0n) is 66.9. The fourth-order valence-corrected chi connectivity index (χ4v) is 16.3. The Morgan fingerprint density at radius 1 is 0.404 bits per heavy atom. The number of hydrogen-bond acceptors (Lipinski definition) is 9. The third-order valence-electron chi connectivity index (χ3n) is 22.1. The van der Waals surface area contributed by atoms with Gasteiger partial charge in [-0.2, -0.15) is 15.3 Å². The van der Waals surface area contributed by atoms with Crippen LogP contribution in [0.3, 0.4) is 0 Å². The molecule has 3 aliphatic heterocycles. The molecule has 0 fully saturated rings. The zero-order chi connectivity index (χ0) is 81.0. The van der Waals surface area contributed by atoms with Crippen LogP contribution < -0.4 is 14.7 Å². The Morgan fingerprint density at radius 3 is 1.01 bits per heavy atom. The molecule has 17 heteroatoms. The highest BCUT2D eigenvalue weighted by Crippen LogP contribution is 2.48. The molecule has 0 amide bonds. The standard InChI is InChI=1S/C33H35N3O2.C32H31F2N3O2.C32H33N3O2/c1-22-18-26-19-25(27-20-34-35(5)21-27)11-16-30(26)32(24-9-6-23(7-10-24)8-17-31(37)38)36(22)29-14-12-28(13-15-29)33(2,3)4;1-19(2)22-6-9-26(10-7-22)37-20(3)13-24-16-23(25-17-35-36(4)18-25)8-11-27(24)32(37)31-28(33)14-21(15-29(31)34)5-12-30(38)39;1-21(2)24-10-13-29(14-11-24)35-22(3)17-27-18-26(28-19-33-34(4)20-28)12-15-30(27)32(35)25-8-5-23(6-9-25)7-16-31(36)37/h6-17,19-22,32H,18H2,1-5H3,(H,37,38);5-12,14-20,32H,13H2,1-4H3,(H,38,39);5-16,18-22,32H,17H2,1-4H3,(H,36,37)/b17-8+;12-5+;16-7+/t;;22-,32-/m..1/s1. The van der Waals surface area contributed by atoms with Gasteiger partial charge in [0.05, 0.1) is 42.3 Å². The van der Waals surface area contributed by atoms with Gasteiger partial charge in [0, 0.05) is 110 Å². The number of anilines is 3. The molecule has 0 aliphatic carbocycles. The van der Waals surface area contributed by atoms with Crippen LogP contribution in [0.1, 0.15) is 183 Å². The van der Waals surface area contributed by atoms with Crippen molar-refractivity contribution in [2.24, 2.45) is 21.1 Å². The number of carbonyl (C=O) groups is 3. The summed E-state index contributed by atoms with van der Waals surface area (Å²) in [6, 6.07) is 64.5. The topological polar surface area (TPSA) is 175 Å². The number of carboxylic acid groups (broad SMARTS) is 3. The molecular weight excluding hydrogens is 1430 g/mol. The molecule has 0 radical (unpaired) electrons. The first-order chi connectivity index (χ1) is 54.5. The summed E-state index contributed by atoms with van der Waals surface area (Å²) in [6.07, 6.45) is 22.0. The Bertz CT molecular complexity index is 5530. The minimum absolute atomic E-state index is 0.0367. The highest BCUT2D eigenvalue weighted by molar-refractivity contribution is 5.87. The lowest BCUT2D eigenvalue weighted by atomic mass is 9.82. The van der Waals surface area contributed by atoms with Crippen molar-refractivity contribution < 1.29 is 38.5 Å². The second kappa shape index (κ2) is 33.8. The largest absolute Gasteiger partial charge is 0.478 e. The molecular formula is C97H99F2N9O6. The van der Waals surface area contributed by atoms with E-state index in [1.807, 2.05) is 97.6 Å². The van der Waals surface area contributed by atoms with Crippen molar-refractivity contribution in [1.82, 2.24) is 29.3 Å². The summed E-state index contributed by atoms with van der Waals surface area (Å²) < 4.78 is 37.0. The van der Waals surface area contributed by atoms with E-state index < -0.39 is 35.6 Å². The first-order valence-electron chi connectivity index (χ1n) is 38.9. The Hall–Kier alpha value is -12.5. The number of aromatic nitrogens is 6. The first-order valence-corrected chi connectivity index (χ1v) is 38.9. The Labute approximate surface area is 667 Å². The molecule has 6 heterocycles. The van der Waals surface area contributed by atoms with Crippen LogP contribution in [-0.2, 0) is 60.2 Å². The smallest absolute Gasteiger partial charge is 0.328 e. The van der Waals surface area contributed by atoms with Gasteiger partial charge in [0.2, 0.25) is 0 Å². The van der Waals surface area contributed by atoms with E-state index in [0.717, 1.165) is 69.1 Å². The van der Waals surface area contributed by atoms with Crippen LogP contribution in [0, 0.1) is 11.6 Å². The number of nitrogens with zero attached hydrogens (tertiary/aromatic N) is 9. The van der Waals surface area contributed by atoms with Crippen molar-refractivity contribution in [1.29, 1.82) is 0 Å². The quantitative estimate of drug-likeness (QED) is 0.0737. The number of aryl methyl sites for hydroxylation is 3. The first kappa shape index (κ1) is 79.6. The van der Waals surface area contributed by atoms with Crippen LogP contribution in [0.25, 0.3) is 51.6 Å². The molecule has 3 N–H and O–H groups in total. The third-order valence-corrected chi connectivity index (χ3v) is 22.1. The number of fused-ring (bicyclic) bond motifs is 3. The van der Waals surface area contributed by atoms with Crippen molar-refractivity contribution in [3.05, 3.63) is 339 Å². The van der Waals surface area contributed by atoms with Gasteiger partial charge < -0.3 is 30.0 Å². The lowest BCUT2D eigenvalue weighted by molar-refractivity contribution is -0.132. The summed E-state index contributed by atoms with van der Waals surface area (Å²) in [7, 11) is 5.75. The molecule has 114 heavy (non-hydrogen) atoms. The summed E-state index contributed by atoms with van der Waals surface area (Å²) in [6.45, 7) is 22.1. The van der Waals surface area contributed by atoms with E-state index in [1.165, 1.54) is 103 Å². The lowest BCUT2D eigenvalue weighted by Crippen LogP contribution is -2.43. The van der Waals surface area contributed by atoms with Crippen molar-refractivity contribution in [3.63, 3.8) is 0 Å². The van der Waals surface area contributed by atoms with Gasteiger partial charge in [-0.3, -0.25) is 14.0 Å². The molecule has 15 nitrogen and oxygen atoms in total. The van der Waals surface area contributed by atoms with Crippen molar-refractivity contribution in [2.45, 2.75) is 142 Å². The Balaban J connectivity index is 0.000000149. The molecule has 0 bridgehead atoms. The van der Waals surface area contributed by atoms with Crippen molar-refractivity contribution >= 4 is 53.2 Å². The number of carboxylic acids is 3. The predicted octanol–water partition coefficient (Wildman–Crippen LogP) is 21.0. The van der Waals surface area contributed by atoms with Gasteiger partial charge in [-0.05, 0) is 219 Å². The molecule has 0 saturated carbocycles. The maximum Gasteiger partial charge on any atom is 0.328 e. The summed E-state index contributed by atoms with van der Waals surface area (Å²) in [5.41, 5.74) is 25.2. The molecule has 15 rings (SSSR count). The van der Waals surface area contributed by atoms with E-state index in [0.29, 0.717) is 18.3 Å². The number of aliphatic carboxylic acids is 3. The van der Waals surface area contributed by atoms with Crippen LogP contribution in [0.4, 0.5) is 25.8 Å². The van der Waals surface area contributed by atoms with Gasteiger partial charge in [0.15, 0.2) is 0 Å². The predicted molar refractivity (Wildman–Crippen MR) is 454 cm³/mol. The minimum Gasteiger partial charge on any atom is -0.478 e. The van der Waals surface area contributed by atoms with E-state index in [-0.39, 0.29) is 46.8 Å². The SMILES string of the molecule is CC(C)c1ccc(N2C(C)Cc3cc(-c4cnn(C)c4)ccc3C2c2c(F)cc(/C=C/C(=O)O)cc2F)cc1.CC(C)c1ccc(N2[C@H](c3ccc(/C=C/C(=O)O)cc3)c3ccc(-c4cnn(C)c4)cc3C[C@H]2C)cc1.CC1Cc2cc(-c3cnn(C)c3)ccc2C(c2ccc(/C=C/C(=O)O)cc2)N1c1ccc(C(C)(C)C)cc1. The van der Waals surface area contributed by atoms with E-state index in [4.69, 9.17) is 15.3 Å². The van der Waals surface area contributed by atoms with E-state index in [9.17, 15) is 14.4 Å². The average Bonchev–Trinajstić information content (AvgIpc) is 0.856. The monoisotopic (exact) mass is 1520 g/mol. The molecule has 3 aromatic heterocycles. The molecule has 0 saturated heterocycles. The van der Waals surface area contributed by atoms with Gasteiger partial charge in [-0.15, -0.1) is 0 Å². The van der Waals surface area contributed by atoms with Crippen molar-refractivity contribution in [3.8, 4) is 33.4 Å². The summed E-state index contributed by atoms with van der Waals surface area (Å²) in [4.78, 5) is 40.0. The third kappa shape index (κ3) is 17.9. The van der Waals surface area contributed by atoms with E-state index in [1.54, 1.807) is 23.0 Å². The fourth-order valence-electron chi connectivity index (χ4n) is 16.3. The van der Waals surface area contributed by atoms with Crippen LogP contribution in [0.2, 0.25) is 0 Å². The lowest BCUT2D eigenvalue weighted by Gasteiger charge is -2.44. The molecule has 9 aromatic carbocycles. The molecule has 4 unspecified atom stereocenters. The second-order valence-electron chi connectivity index (χ2n) is 32.1. The Morgan fingerprint density at radius 2 is 0.711 bits per heavy atom. The number of benzene rings is 9. The maximum absolute atomic E-state index is 15.8. The minimum atomic E-state index is -1.18. The average molecular weight is 1520 g/mol. The molecule has 0 spiro atoms. The van der Waals surface area contributed by atoms with Crippen LogP contribution >= 0.6 is 0 Å². The second-order valence-corrected chi connectivity index (χ2v) is 32.1. The fraction of sp³-hybridized carbons (Fsp3) is 0.258. The zero-order valence-corrected chi connectivity index (χ0v) is 66.9. The molecule has 582 valence electrons. The highest BCUT2D eigenvalue weighted by atomic mass is 19.1. The van der Waals surface area contributed by atoms with Crippen LogP contribution in [0.5, 0.6) is 0 Å². The van der Waals surface area contributed by atoms with Gasteiger partial charge >= 0.3 is 17.9 Å².